The van der Waals surface area contributed by atoms with Gasteiger partial charge in [-0.3, -0.25) is 14.6 Å². The zero-order valence-electron chi connectivity index (χ0n) is 17.4. The number of nitrogens with zero attached hydrogens (tertiary/aromatic N) is 3. The summed E-state index contributed by atoms with van der Waals surface area (Å²) in [5, 5.41) is 0. The monoisotopic (exact) mass is 419 g/mol. The van der Waals surface area contributed by atoms with E-state index in [9.17, 15) is 9.59 Å². The second kappa shape index (κ2) is 8.99. The molecule has 2 amide bonds. The molecule has 8 nitrogen and oxygen atoms in total. The topological polar surface area (TPSA) is 114 Å². The van der Waals surface area contributed by atoms with Gasteiger partial charge in [0, 0.05) is 36.5 Å². The van der Waals surface area contributed by atoms with Crippen LogP contribution in [-0.2, 0) is 11.2 Å². The molecule has 3 heterocycles. The minimum atomic E-state index is -0.566. The molecule has 0 bridgehead atoms. The number of carbonyl (C=O) groups excluding carboxylic acids is 2. The number of pyridine rings is 1. The van der Waals surface area contributed by atoms with Gasteiger partial charge in [-0.1, -0.05) is 6.07 Å². The Morgan fingerprint density at radius 3 is 2.71 bits per heavy atom. The van der Waals surface area contributed by atoms with E-state index in [0.29, 0.717) is 24.6 Å². The Morgan fingerprint density at radius 2 is 2.03 bits per heavy atom. The molecule has 0 saturated carbocycles. The summed E-state index contributed by atoms with van der Waals surface area (Å²) in [4.78, 5) is 38.7. The van der Waals surface area contributed by atoms with E-state index >= 15 is 0 Å². The molecule has 1 aromatic carbocycles. The maximum absolute atomic E-state index is 12.8. The maximum Gasteiger partial charge on any atom is 0.267 e. The molecule has 0 spiro atoms. The van der Waals surface area contributed by atoms with Crippen molar-refractivity contribution in [2.45, 2.75) is 25.2 Å². The number of carbonyl (C=O) groups is 2. The van der Waals surface area contributed by atoms with E-state index in [1.165, 1.54) is 0 Å². The standard InChI is InChI=1S/C23H25N5O3/c1-31-18-9-7-15(8-10-18)20-21(22(24)30)27-23(26-20)16-5-4-12-28(14-16)19(29)13-17-6-2-3-11-25-17/h2-3,6-11,16H,4-5,12-14H2,1H3,(H2,24,30)(H,26,27). The fourth-order valence-electron chi connectivity index (χ4n) is 3.92. The number of aromatic nitrogens is 3. The molecule has 8 heteroatoms. The fourth-order valence-corrected chi connectivity index (χ4v) is 3.92. The molecule has 31 heavy (non-hydrogen) atoms. The average Bonchev–Trinajstić information content (AvgIpc) is 3.26. The first-order valence-electron chi connectivity index (χ1n) is 10.3. The van der Waals surface area contributed by atoms with Crippen molar-refractivity contribution >= 4 is 11.8 Å². The van der Waals surface area contributed by atoms with E-state index in [0.717, 1.165) is 29.8 Å². The summed E-state index contributed by atoms with van der Waals surface area (Å²) >= 11 is 0. The van der Waals surface area contributed by atoms with Crippen LogP contribution in [0.25, 0.3) is 11.3 Å². The van der Waals surface area contributed by atoms with Gasteiger partial charge < -0.3 is 20.4 Å². The number of nitrogens with one attached hydrogen (secondary N) is 1. The van der Waals surface area contributed by atoms with Crippen molar-refractivity contribution in [2.24, 2.45) is 5.73 Å². The smallest absolute Gasteiger partial charge is 0.267 e. The third-order valence-electron chi connectivity index (χ3n) is 5.55. The van der Waals surface area contributed by atoms with Crippen LogP contribution in [0.2, 0.25) is 0 Å². The first-order chi connectivity index (χ1) is 15.0. The lowest BCUT2D eigenvalue weighted by Gasteiger charge is -2.32. The Bertz CT molecular complexity index is 1060. The minimum absolute atomic E-state index is 0.00605. The number of hydrogen-bond acceptors (Lipinski definition) is 5. The van der Waals surface area contributed by atoms with Gasteiger partial charge in [0.2, 0.25) is 5.91 Å². The van der Waals surface area contributed by atoms with E-state index in [-0.39, 0.29) is 23.9 Å². The minimum Gasteiger partial charge on any atom is -0.497 e. The molecule has 0 aliphatic carbocycles. The van der Waals surface area contributed by atoms with Crippen LogP contribution in [0.1, 0.15) is 40.8 Å². The summed E-state index contributed by atoms with van der Waals surface area (Å²) in [5.74, 6) is 0.875. The van der Waals surface area contributed by atoms with Crippen LogP contribution >= 0.6 is 0 Å². The summed E-state index contributed by atoms with van der Waals surface area (Å²) in [6, 6.07) is 12.9. The van der Waals surface area contributed by atoms with E-state index < -0.39 is 5.91 Å². The van der Waals surface area contributed by atoms with Crippen LogP contribution < -0.4 is 10.5 Å². The highest BCUT2D eigenvalue weighted by atomic mass is 16.5. The van der Waals surface area contributed by atoms with Crippen molar-refractivity contribution in [3.8, 4) is 17.0 Å². The molecular weight excluding hydrogens is 394 g/mol. The quantitative estimate of drug-likeness (QED) is 0.637. The van der Waals surface area contributed by atoms with Crippen LogP contribution in [0.15, 0.2) is 48.7 Å². The maximum atomic E-state index is 12.8. The van der Waals surface area contributed by atoms with Crippen LogP contribution in [0.3, 0.4) is 0 Å². The summed E-state index contributed by atoms with van der Waals surface area (Å²) in [6.45, 7) is 1.25. The van der Waals surface area contributed by atoms with Crippen molar-refractivity contribution in [3.05, 3.63) is 65.9 Å². The summed E-state index contributed by atoms with van der Waals surface area (Å²) in [5.41, 5.74) is 7.93. The number of amides is 2. The number of imidazole rings is 1. The number of aromatic amines is 1. The molecule has 160 valence electrons. The van der Waals surface area contributed by atoms with Crippen molar-refractivity contribution in [2.75, 3.05) is 20.2 Å². The number of benzene rings is 1. The van der Waals surface area contributed by atoms with Crippen LogP contribution in [0.5, 0.6) is 5.75 Å². The van der Waals surface area contributed by atoms with Crippen molar-refractivity contribution in [1.29, 1.82) is 0 Å². The number of primary amides is 1. The van der Waals surface area contributed by atoms with Gasteiger partial charge in [0.15, 0.2) is 0 Å². The van der Waals surface area contributed by atoms with Gasteiger partial charge in [0.25, 0.3) is 5.91 Å². The zero-order chi connectivity index (χ0) is 21.8. The lowest BCUT2D eigenvalue weighted by atomic mass is 9.97. The van der Waals surface area contributed by atoms with Crippen molar-refractivity contribution in [3.63, 3.8) is 0 Å². The van der Waals surface area contributed by atoms with Gasteiger partial charge >= 0.3 is 0 Å². The third-order valence-corrected chi connectivity index (χ3v) is 5.55. The van der Waals surface area contributed by atoms with E-state index in [1.54, 1.807) is 13.3 Å². The largest absolute Gasteiger partial charge is 0.497 e. The lowest BCUT2D eigenvalue weighted by Crippen LogP contribution is -2.40. The molecule has 1 fully saturated rings. The molecule has 3 N–H and O–H groups in total. The van der Waals surface area contributed by atoms with Gasteiger partial charge in [-0.15, -0.1) is 0 Å². The molecule has 0 radical (unpaired) electrons. The van der Waals surface area contributed by atoms with E-state index in [4.69, 9.17) is 15.5 Å². The Hall–Kier alpha value is -3.68. The van der Waals surface area contributed by atoms with Crippen molar-refractivity contribution < 1.29 is 14.3 Å². The number of ether oxygens (including phenoxy) is 1. The highest BCUT2D eigenvalue weighted by molar-refractivity contribution is 5.97. The fraction of sp³-hybridized carbons (Fsp3) is 0.304. The number of likely N-dealkylation sites (tertiary alicyclic amines) is 1. The SMILES string of the molecule is COc1ccc(-c2nc(C3CCCN(C(=O)Cc4ccccn4)C3)[nH]c2C(N)=O)cc1. The predicted molar refractivity (Wildman–Crippen MR) is 116 cm³/mol. The molecule has 1 aliphatic heterocycles. The second-order valence-electron chi connectivity index (χ2n) is 7.62. The number of hydrogen-bond donors (Lipinski definition) is 2. The number of H-pyrrole nitrogens is 1. The third kappa shape index (κ3) is 4.58. The van der Waals surface area contributed by atoms with E-state index in [2.05, 4.69) is 9.97 Å². The van der Waals surface area contributed by atoms with Gasteiger partial charge in [-0.2, -0.15) is 0 Å². The first-order valence-corrected chi connectivity index (χ1v) is 10.3. The molecule has 3 aromatic rings. The van der Waals surface area contributed by atoms with Crippen LogP contribution in [0.4, 0.5) is 0 Å². The Kier molecular flexibility index (Phi) is 5.97. The molecule has 1 atom stereocenters. The Balaban J connectivity index is 1.54. The lowest BCUT2D eigenvalue weighted by molar-refractivity contribution is -0.131. The Morgan fingerprint density at radius 1 is 1.23 bits per heavy atom. The predicted octanol–water partition coefficient (Wildman–Crippen LogP) is 2.53. The molecule has 2 aromatic heterocycles. The number of nitrogens with two attached hydrogens (primary N) is 1. The van der Waals surface area contributed by atoms with E-state index in [1.807, 2.05) is 47.4 Å². The summed E-state index contributed by atoms with van der Waals surface area (Å²) < 4.78 is 5.20. The number of rotatable bonds is 6. The van der Waals surface area contributed by atoms with Gasteiger partial charge in [0.1, 0.15) is 23.0 Å². The second-order valence-corrected chi connectivity index (χ2v) is 7.62. The normalized spacial score (nSPS) is 16.2. The summed E-state index contributed by atoms with van der Waals surface area (Å²) in [7, 11) is 1.60. The van der Waals surface area contributed by atoms with Crippen LogP contribution in [-0.4, -0.2) is 51.9 Å². The van der Waals surface area contributed by atoms with Gasteiger partial charge in [-0.25, -0.2) is 4.98 Å². The van der Waals surface area contributed by atoms with Gasteiger partial charge in [-0.05, 0) is 49.2 Å². The highest BCUT2D eigenvalue weighted by Gasteiger charge is 2.28. The average molecular weight is 419 g/mol. The zero-order valence-corrected chi connectivity index (χ0v) is 17.4. The molecule has 1 saturated heterocycles. The van der Waals surface area contributed by atoms with Crippen molar-refractivity contribution in [1.82, 2.24) is 19.9 Å². The summed E-state index contributed by atoms with van der Waals surface area (Å²) in [6.07, 6.45) is 3.70. The van der Waals surface area contributed by atoms with Gasteiger partial charge in [0.05, 0.1) is 13.5 Å². The number of piperidine rings is 1. The first kappa shape index (κ1) is 20.6. The molecule has 1 aliphatic rings. The molecular formula is C23H25N5O3. The molecule has 4 rings (SSSR count). The highest BCUT2D eigenvalue weighted by Crippen LogP contribution is 2.30. The number of methoxy groups -OCH3 is 1. The van der Waals surface area contributed by atoms with Crippen LogP contribution in [0, 0.1) is 0 Å². The molecule has 1 unspecified atom stereocenters. The Labute approximate surface area is 180 Å².